The van der Waals surface area contributed by atoms with E-state index in [9.17, 15) is 9.59 Å². The fourth-order valence-corrected chi connectivity index (χ4v) is 2.07. The van der Waals surface area contributed by atoms with Crippen LogP contribution in [0.25, 0.3) is 0 Å². The molecule has 0 aliphatic heterocycles. The van der Waals surface area contributed by atoms with Crippen LogP contribution in [0, 0.1) is 0 Å². The van der Waals surface area contributed by atoms with Gasteiger partial charge in [-0.25, -0.2) is 0 Å². The first-order valence-electron chi connectivity index (χ1n) is 7.01. The van der Waals surface area contributed by atoms with Gasteiger partial charge < -0.3 is 15.3 Å². The molecule has 2 N–H and O–H groups in total. The summed E-state index contributed by atoms with van der Waals surface area (Å²) in [6, 6.07) is 6.92. The number of rotatable bonds is 8. The summed E-state index contributed by atoms with van der Waals surface area (Å²) in [4.78, 5) is 25.5. The third-order valence-corrected chi connectivity index (χ3v) is 3.54. The highest BCUT2D eigenvalue weighted by atomic mass is 79.9. The van der Waals surface area contributed by atoms with Gasteiger partial charge >= 0.3 is 0 Å². The molecule has 0 radical (unpaired) electrons. The molecular formula is C15H21BrN2O3. The molecule has 0 bridgehead atoms. The second-order valence-corrected chi connectivity index (χ2v) is 5.56. The molecule has 116 valence electrons. The highest BCUT2D eigenvalue weighted by Gasteiger charge is 2.14. The summed E-state index contributed by atoms with van der Waals surface area (Å²) in [5, 5.41) is 11.6. The molecule has 0 spiro atoms. The largest absolute Gasteiger partial charge is 0.395 e. The molecule has 1 rings (SSSR count). The van der Waals surface area contributed by atoms with Crippen LogP contribution in [0.2, 0.25) is 0 Å². The number of carbonyl (C=O) groups excluding carboxylic acids is 2. The van der Waals surface area contributed by atoms with Crippen molar-refractivity contribution in [3.05, 3.63) is 34.3 Å². The van der Waals surface area contributed by atoms with Gasteiger partial charge in [0.1, 0.15) is 0 Å². The Morgan fingerprint density at radius 3 is 2.48 bits per heavy atom. The van der Waals surface area contributed by atoms with Crippen molar-refractivity contribution in [1.82, 2.24) is 10.2 Å². The molecule has 0 saturated carbocycles. The lowest BCUT2D eigenvalue weighted by Gasteiger charge is -2.21. The minimum absolute atomic E-state index is 0.0569. The van der Waals surface area contributed by atoms with E-state index in [1.54, 1.807) is 29.2 Å². The van der Waals surface area contributed by atoms with Crippen LogP contribution in [-0.4, -0.2) is 48.1 Å². The van der Waals surface area contributed by atoms with E-state index in [2.05, 4.69) is 21.2 Å². The number of amides is 2. The van der Waals surface area contributed by atoms with E-state index in [1.807, 2.05) is 6.92 Å². The number of nitrogens with one attached hydrogen (secondary N) is 1. The maximum Gasteiger partial charge on any atom is 0.251 e. The maximum atomic E-state index is 12.0. The van der Waals surface area contributed by atoms with Gasteiger partial charge in [0, 0.05) is 23.1 Å². The molecule has 0 atom stereocenters. The lowest BCUT2D eigenvalue weighted by Crippen LogP contribution is -2.42. The Morgan fingerprint density at radius 2 is 1.90 bits per heavy atom. The van der Waals surface area contributed by atoms with Crippen LogP contribution >= 0.6 is 15.9 Å². The lowest BCUT2D eigenvalue weighted by molar-refractivity contribution is -0.130. The minimum Gasteiger partial charge on any atom is -0.395 e. The van der Waals surface area contributed by atoms with Crippen molar-refractivity contribution in [2.45, 2.75) is 19.8 Å². The monoisotopic (exact) mass is 356 g/mol. The molecule has 1 aromatic rings. The molecule has 0 aliphatic carbocycles. The number of nitrogens with zero attached hydrogens (tertiary/aromatic N) is 1. The van der Waals surface area contributed by atoms with Gasteiger partial charge in [-0.15, -0.1) is 0 Å². The zero-order valence-corrected chi connectivity index (χ0v) is 13.7. The fourth-order valence-electron chi connectivity index (χ4n) is 1.80. The van der Waals surface area contributed by atoms with Crippen LogP contribution in [0.4, 0.5) is 0 Å². The SMILES string of the molecule is CCCCN(CCO)C(=O)CNC(=O)c1ccc(Br)cc1. The number of unbranched alkanes of at least 4 members (excludes halogenated alkanes) is 1. The Hall–Kier alpha value is -1.40. The van der Waals surface area contributed by atoms with Crippen molar-refractivity contribution in [1.29, 1.82) is 0 Å². The quantitative estimate of drug-likeness (QED) is 0.746. The Balaban J connectivity index is 2.49. The van der Waals surface area contributed by atoms with Crippen LogP contribution in [0.15, 0.2) is 28.7 Å². The first-order valence-corrected chi connectivity index (χ1v) is 7.80. The first kappa shape index (κ1) is 17.7. The van der Waals surface area contributed by atoms with Crippen molar-refractivity contribution in [3.8, 4) is 0 Å². The van der Waals surface area contributed by atoms with Crippen LogP contribution in [0.1, 0.15) is 30.1 Å². The molecule has 0 unspecified atom stereocenters. The van der Waals surface area contributed by atoms with Crippen LogP contribution in [0.5, 0.6) is 0 Å². The Kier molecular flexibility index (Phi) is 8.00. The molecule has 0 aliphatic rings. The molecule has 5 nitrogen and oxygen atoms in total. The number of hydrogen-bond acceptors (Lipinski definition) is 3. The summed E-state index contributed by atoms with van der Waals surface area (Å²) in [6.45, 7) is 2.81. The number of carbonyl (C=O) groups is 2. The topological polar surface area (TPSA) is 69.6 Å². The van der Waals surface area contributed by atoms with Crippen LogP contribution < -0.4 is 5.32 Å². The van der Waals surface area contributed by atoms with Gasteiger partial charge in [-0.05, 0) is 30.7 Å². The van der Waals surface area contributed by atoms with Gasteiger partial charge in [-0.3, -0.25) is 9.59 Å². The Morgan fingerprint density at radius 1 is 1.24 bits per heavy atom. The molecular weight excluding hydrogens is 336 g/mol. The third-order valence-electron chi connectivity index (χ3n) is 3.01. The zero-order chi connectivity index (χ0) is 15.7. The third kappa shape index (κ3) is 6.27. The first-order chi connectivity index (χ1) is 10.1. The molecule has 2 amide bonds. The predicted molar refractivity (Wildman–Crippen MR) is 85.0 cm³/mol. The van der Waals surface area contributed by atoms with Crippen molar-refractivity contribution in [2.24, 2.45) is 0 Å². The highest BCUT2D eigenvalue weighted by Crippen LogP contribution is 2.10. The van der Waals surface area contributed by atoms with Crippen molar-refractivity contribution >= 4 is 27.7 Å². The van der Waals surface area contributed by atoms with Crippen molar-refractivity contribution in [3.63, 3.8) is 0 Å². The molecule has 0 aromatic heterocycles. The van der Waals surface area contributed by atoms with E-state index in [1.165, 1.54) is 0 Å². The van der Waals surface area contributed by atoms with Gasteiger partial charge in [0.15, 0.2) is 0 Å². The standard InChI is InChI=1S/C15H21BrN2O3/c1-2-3-8-18(9-10-19)14(20)11-17-15(21)12-4-6-13(16)7-5-12/h4-7,19H,2-3,8-11H2,1H3,(H,17,21). The summed E-state index contributed by atoms with van der Waals surface area (Å²) in [5.41, 5.74) is 0.508. The second kappa shape index (κ2) is 9.52. The fraction of sp³-hybridized carbons (Fsp3) is 0.467. The van der Waals surface area contributed by atoms with Gasteiger partial charge in [-0.2, -0.15) is 0 Å². The number of hydrogen-bond donors (Lipinski definition) is 2. The van der Waals surface area contributed by atoms with E-state index in [-0.39, 0.29) is 25.0 Å². The van der Waals surface area contributed by atoms with E-state index in [0.717, 1.165) is 17.3 Å². The normalized spacial score (nSPS) is 10.2. The molecule has 21 heavy (non-hydrogen) atoms. The summed E-state index contributed by atoms with van der Waals surface area (Å²) in [7, 11) is 0. The summed E-state index contributed by atoms with van der Waals surface area (Å²) in [6.07, 6.45) is 1.85. The van der Waals surface area contributed by atoms with Crippen LogP contribution in [-0.2, 0) is 4.79 Å². The second-order valence-electron chi connectivity index (χ2n) is 4.65. The molecule has 6 heteroatoms. The maximum absolute atomic E-state index is 12.0. The van der Waals surface area contributed by atoms with Crippen molar-refractivity contribution < 1.29 is 14.7 Å². The predicted octanol–water partition coefficient (Wildman–Crippen LogP) is 1.80. The minimum atomic E-state index is -0.282. The van der Waals surface area contributed by atoms with E-state index in [4.69, 9.17) is 5.11 Å². The Labute approximate surface area is 133 Å². The van der Waals surface area contributed by atoms with Crippen LogP contribution in [0.3, 0.4) is 0 Å². The van der Waals surface area contributed by atoms with Gasteiger partial charge in [0.2, 0.25) is 5.91 Å². The van der Waals surface area contributed by atoms with E-state index < -0.39 is 0 Å². The van der Waals surface area contributed by atoms with Gasteiger partial charge in [0.05, 0.1) is 13.2 Å². The van der Waals surface area contributed by atoms with E-state index in [0.29, 0.717) is 18.7 Å². The smallest absolute Gasteiger partial charge is 0.251 e. The van der Waals surface area contributed by atoms with E-state index >= 15 is 0 Å². The number of aliphatic hydroxyl groups is 1. The number of benzene rings is 1. The summed E-state index contributed by atoms with van der Waals surface area (Å²) in [5.74, 6) is -0.460. The molecule has 0 heterocycles. The summed E-state index contributed by atoms with van der Waals surface area (Å²) < 4.78 is 0.892. The number of aliphatic hydroxyl groups excluding tert-OH is 1. The highest BCUT2D eigenvalue weighted by molar-refractivity contribution is 9.10. The average Bonchev–Trinajstić information content (AvgIpc) is 2.49. The zero-order valence-electron chi connectivity index (χ0n) is 12.1. The lowest BCUT2D eigenvalue weighted by atomic mass is 10.2. The molecule has 0 saturated heterocycles. The molecule has 0 fully saturated rings. The summed E-state index contributed by atoms with van der Waals surface area (Å²) >= 11 is 3.30. The Bertz CT molecular complexity index is 462. The van der Waals surface area contributed by atoms with Crippen molar-refractivity contribution in [2.75, 3.05) is 26.2 Å². The average molecular weight is 357 g/mol. The number of halogens is 1. The molecule has 1 aromatic carbocycles. The van der Waals surface area contributed by atoms with Gasteiger partial charge in [0.25, 0.3) is 5.91 Å². The van der Waals surface area contributed by atoms with Gasteiger partial charge in [-0.1, -0.05) is 29.3 Å².